The normalized spacial score (nSPS) is 11.4. The topological polar surface area (TPSA) is 94.1 Å². The number of ether oxygens (including phenoxy) is 3. The summed E-state index contributed by atoms with van der Waals surface area (Å²) in [7, 11) is 0. The summed E-state index contributed by atoms with van der Waals surface area (Å²) in [5.74, 6) is 0.332. The summed E-state index contributed by atoms with van der Waals surface area (Å²) in [6.07, 6.45) is 0.654. The van der Waals surface area contributed by atoms with Gasteiger partial charge in [0.05, 0.1) is 32.3 Å². The maximum Gasteiger partial charge on any atom is 0.305 e. The summed E-state index contributed by atoms with van der Waals surface area (Å²) in [4.78, 5) is 24.2. The molecule has 0 saturated carbocycles. The van der Waals surface area contributed by atoms with Gasteiger partial charge >= 0.3 is 5.97 Å². The van der Waals surface area contributed by atoms with Crippen LogP contribution in [0.4, 0.5) is 0 Å². The van der Waals surface area contributed by atoms with Crippen molar-refractivity contribution in [3.05, 3.63) is 53.6 Å². The molecule has 0 saturated heterocycles. The first-order valence-electron chi connectivity index (χ1n) is 10.1. The van der Waals surface area contributed by atoms with Crippen LogP contribution in [0.1, 0.15) is 55.6 Å². The Labute approximate surface area is 177 Å². The van der Waals surface area contributed by atoms with E-state index in [1.165, 1.54) is 0 Å². The molecule has 30 heavy (non-hydrogen) atoms. The van der Waals surface area contributed by atoms with Gasteiger partial charge in [0.25, 0.3) is 5.91 Å². The maximum atomic E-state index is 12.8. The van der Waals surface area contributed by atoms with Crippen molar-refractivity contribution in [3.8, 4) is 17.2 Å². The van der Waals surface area contributed by atoms with Gasteiger partial charge in [-0.15, -0.1) is 0 Å². The molecule has 2 rings (SSSR count). The highest BCUT2D eigenvalue weighted by Crippen LogP contribution is 2.29. The number of hydrogen-bond acceptors (Lipinski definition) is 5. The average molecular weight is 415 g/mol. The first-order chi connectivity index (χ1) is 14.5. The fourth-order valence-corrected chi connectivity index (χ4v) is 2.88. The lowest BCUT2D eigenvalue weighted by molar-refractivity contribution is -0.137. The Bertz CT molecular complexity index is 834. The lowest BCUT2D eigenvalue weighted by Crippen LogP contribution is -2.30. The van der Waals surface area contributed by atoms with Gasteiger partial charge in [0.2, 0.25) is 0 Å². The number of rotatable bonds is 12. The van der Waals surface area contributed by atoms with Crippen molar-refractivity contribution in [2.24, 2.45) is 0 Å². The molecule has 0 unspecified atom stereocenters. The van der Waals surface area contributed by atoms with Crippen LogP contribution >= 0.6 is 0 Å². The molecule has 0 aliphatic heterocycles. The minimum atomic E-state index is -1.01. The molecule has 0 aliphatic carbocycles. The summed E-state index contributed by atoms with van der Waals surface area (Å²) in [5, 5.41) is 12.1. The highest BCUT2D eigenvalue weighted by atomic mass is 16.5. The number of carboxylic acid groups (broad SMARTS) is 1. The van der Waals surface area contributed by atoms with Gasteiger partial charge in [0.1, 0.15) is 5.75 Å². The maximum absolute atomic E-state index is 12.8. The molecule has 0 fully saturated rings. The van der Waals surface area contributed by atoms with Gasteiger partial charge in [-0.25, -0.2) is 0 Å². The second-order valence-corrected chi connectivity index (χ2v) is 6.57. The Morgan fingerprint density at radius 2 is 1.60 bits per heavy atom. The van der Waals surface area contributed by atoms with E-state index < -0.39 is 17.9 Å². The van der Waals surface area contributed by atoms with E-state index in [1.807, 2.05) is 20.8 Å². The zero-order valence-corrected chi connectivity index (χ0v) is 17.6. The molecule has 162 valence electrons. The van der Waals surface area contributed by atoms with Gasteiger partial charge in [-0.05, 0) is 56.2 Å². The number of carboxylic acids is 1. The van der Waals surface area contributed by atoms with Crippen LogP contribution in [-0.2, 0) is 4.79 Å². The van der Waals surface area contributed by atoms with Crippen molar-refractivity contribution in [2.75, 3.05) is 19.8 Å². The Hall–Kier alpha value is -3.22. The molecular formula is C23H29NO6. The SMILES string of the molecule is CCCOc1ccc([C@@H](CC(=O)O)NC(=O)c2ccc(OCC)c(OCC)c2)cc1. The molecule has 1 atom stereocenters. The van der Waals surface area contributed by atoms with E-state index in [1.54, 1.807) is 42.5 Å². The molecule has 0 heterocycles. The largest absolute Gasteiger partial charge is 0.494 e. The third kappa shape index (κ3) is 6.69. The second-order valence-electron chi connectivity index (χ2n) is 6.57. The zero-order valence-electron chi connectivity index (χ0n) is 17.6. The van der Waals surface area contributed by atoms with Crippen LogP contribution in [0.2, 0.25) is 0 Å². The number of aliphatic carboxylic acids is 1. The van der Waals surface area contributed by atoms with Crippen LogP contribution < -0.4 is 19.5 Å². The molecule has 0 aliphatic rings. The average Bonchev–Trinajstić information content (AvgIpc) is 2.73. The van der Waals surface area contributed by atoms with Crippen LogP contribution in [0.15, 0.2) is 42.5 Å². The molecule has 0 bridgehead atoms. The van der Waals surface area contributed by atoms with Crippen LogP contribution in [0, 0.1) is 0 Å². The minimum Gasteiger partial charge on any atom is -0.494 e. The zero-order chi connectivity index (χ0) is 21.9. The van der Waals surface area contributed by atoms with Crippen LogP contribution in [0.5, 0.6) is 17.2 Å². The fraction of sp³-hybridized carbons (Fsp3) is 0.391. The third-order valence-corrected chi connectivity index (χ3v) is 4.24. The molecule has 7 nitrogen and oxygen atoms in total. The van der Waals surface area contributed by atoms with E-state index >= 15 is 0 Å². The molecule has 0 radical (unpaired) electrons. The number of amides is 1. The van der Waals surface area contributed by atoms with E-state index in [-0.39, 0.29) is 6.42 Å². The minimum absolute atomic E-state index is 0.240. The lowest BCUT2D eigenvalue weighted by Gasteiger charge is -2.19. The van der Waals surface area contributed by atoms with Crippen molar-refractivity contribution >= 4 is 11.9 Å². The fourth-order valence-electron chi connectivity index (χ4n) is 2.88. The van der Waals surface area contributed by atoms with E-state index in [9.17, 15) is 14.7 Å². The van der Waals surface area contributed by atoms with Crippen LogP contribution in [-0.4, -0.2) is 36.8 Å². The number of nitrogens with one attached hydrogen (secondary N) is 1. The van der Waals surface area contributed by atoms with Gasteiger partial charge < -0.3 is 24.6 Å². The smallest absolute Gasteiger partial charge is 0.305 e. The number of carbonyl (C=O) groups excluding carboxylic acids is 1. The summed E-state index contributed by atoms with van der Waals surface area (Å²) in [6.45, 7) is 7.24. The van der Waals surface area contributed by atoms with Crippen LogP contribution in [0.25, 0.3) is 0 Å². The van der Waals surface area contributed by atoms with E-state index in [2.05, 4.69) is 5.32 Å². The summed E-state index contributed by atoms with van der Waals surface area (Å²) in [6, 6.07) is 11.3. The van der Waals surface area contributed by atoms with Gasteiger partial charge in [-0.1, -0.05) is 19.1 Å². The van der Waals surface area contributed by atoms with Crippen molar-refractivity contribution in [3.63, 3.8) is 0 Å². The van der Waals surface area contributed by atoms with Gasteiger partial charge in [-0.3, -0.25) is 9.59 Å². The Balaban J connectivity index is 2.20. The highest BCUT2D eigenvalue weighted by Gasteiger charge is 2.20. The Kier molecular flexibility index (Phi) is 9.00. The standard InChI is InChI=1S/C23H29NO6/c1-4-13-30-18-10-7-16(8-11-18)19(15-22(25)26)24-23(27)17-9-12-20(28-5-2)21(14-17)29-6-3/h7-12,14,19H,4-6,13,15H2,1-3H3,(H,24,27)(H,25,26)/t19-/m1/s1. The van der Waals surface area contributed by atoms with Crippen LogP contribution in [0.3, 0.4) is 0 Å². The number of carbonyl (C=O) groups is 2. The van der Waals surface area contributed by atoms with Gasteiger partial charge in [0.15, 0.2) is 11.5 Å². The number of benzene rings is 2. The van der Waals surface area contributed by atoms with E-state index in [0.717, 1.165) is 6.42 Å². The van der Waals surface area contributed by atoms with Crippen molar-refractivity contribution < 1.29 is 28.9 Å². The first kappa shape index (κ1) is 23.1. The highest BCUT2D eigenvalue weighted by molar-refractivity contribution is 5.95. The predicted molar refractivity (Wildman–Crippen MR) is 113 cm³/mol. The molecule has 2 aromatic rings. The molecule has 2 aromatic carbocycles. The van der Waals surface area contributed by atoms with Gasteiger partial charge in [0, 0.05) is 5.56 Å². The quantitative estimate of drug-likeness (QED) is 0.539. The second kappa shape index (κ2) is 11.7. The predicted octanol–water partition coefficient (Wildman–Crippen LogP) is 4.22. The third-order valence-electron chi connectivity index (χ3n) is 4.24. The number of hydrogen-bond donors (Lipinski definition) is 2. The van der Waals surface area contributed by atoms with E-state index in [4.69, 9.17) is 14.2 Å². The lowest BCUT2D eigenvalue weighted by atomic mass is 10.0. The van der Waals surface area contributed by atoms with Crippen molar-refractivity contribution in [1.82, 2.24) is 5.32 Å². The molecule has 1 amide bonds. The first-order valence-corrected chi connectivity index (χ1v) is 10.1. The molecule has 2 N–H and O–H groups in total. The van der Waals surface area contributed by atoms with E-state index in [0.29, 0.717) is 48.2 Å². The molecular weight excluding hydrogens is 386 g/mol. The summed E-state index contributed by atoms with van der Waals surface area (Å²) < 4.78 is 16.6. The van der Waals surface area contributed by atoms with Gasteiger partial charge in [-0.2, -0.15) is 0 Å². The Morgan fingerprint density at radius 3 is 2.20 bits per heavy atom. The Morgan fingerprint density at radius 1 is 0.933 bits per heavy atom. The molecule has 0 spiro atoms. The monoisotopic (exact) mass is 415 g/mol. The summed E-state index contributed by atoms with van der Waals surface area (Å²) >= 11 is 0. The molecule has 0 aromatic heterocycles. The summed E-state index contributed by atoms with van der Waals surface area (Å²) in [5.41, 5.74) is 1.05. The molecule has 7 heteroatoms. The van der Waals surface area contributed by atoms with Crippen molar-refractivity contribution in [2.45, 2.75) is 39.7 Å². The van der Waals surface area contributed by atoms with Crippen molar-refractivity contribution in [1.29, 1.82) is 0 Å².